The van der Waals surface area contributed by atoms with Gasteiger partial charge in [0.05, 0.1) is 11.6 Å². The zero-order chi connectivity index (χ0) is 34.0. The van der Waals surface area contributed by atoms with E-state index in [9.17, 15) is 34.8 Å². The van der Waals surface area contributed by atoms with Crippen LogP contribution in [0.1, 0.15) is 67.9 Å². The van der Waals surface area contributed by atoms with Gasteiger partial charge in [-0.2, -0.15) is 0 Å². The molecule has 2 unspecified atom stereocenters. The van der Waals surface area contributed by atoms with Gasteiger partial charge >= 0.3 is 0 Å². The lowest BCUT2D eigenvalue weighted by atomic mass is 9.58. The van der Waals surface area contributed by atoms with E-state index in [2.05, 4.69) is 32.7 Å². The number of hydrogen-bond donors (Lipinski definition) is 5. The number of primary amides is 1. The molecule has 6 rings (SSSR count). The van der Waals surface area contributed by atoms with Gasteiger partial charge in [0.15, 0.2) is 11.4 Å². The third kappa shape index (κ3) is 4.03. The van der Waals surface area contributed by atoms with Crippen molar-refractivity contribution < 1.29 is 34.8 Å². The summed E-state index contributed by atoms with van der Waals surface area (Å²) in [5, 5.41) is 45.9. The van der Waals surface area contributed by atoms with E-state index in [0.717, 1.165) is 17.7 Å². The third-order valence-electron chi connectivity index (χ3n) is 12.9. The van der Waals surface area contributed by atoms with Gasteiger partial charge in [0.25, 0.3) is 5.91 Å². The Balaban J connectivity index is 1.44. The highest BCUT2D eigenvalue weighted by molar-refractivity contribution is 6.24. The number of allylic oxidation sites excluding steroid dienone is 1. The molecule has 6 N–H and O–H groups in total. The molecule has 2 bridgehead atoms. The van der Waals surface area contributed by atoms with Crippen LogP contribution >= 0.6 is 0 Å². The van der Waals surface area contributed by atoms with Crippen LogP contribution in [0.15, 0.2) is 28.7 Å². The quantitative estimate of drug-likeness (QED) is 0.293. The number of ketones is 2. The molecule has 11 heteroatoms. The van der Waals surface area contributed by atoms with Crippen LogP contribution in [0.2, 0.25) is 0 Å². The van der Waals surface area contributed by atoms with Crippen LogP contribution in [0.5, 0.6) is 5.75 Å². The Bertz CT molecular complexity index is 1630. The van der Waals surface area contributed by atoms with E-state index in [-0.39, 0.29) is 40.6 Å². The second-order valence-electron chi connectivity index (χ2n) is 15.7. The summed E-state index contributed by atoms with van der Waals surface area (Å²) in [6.07, 6.45) is 3.86. The maximum absolute atomic E-state index is 14.2. The second kappa shape index (κ2) is 10.3. The van der Waals surface area contributed by atoms with Gasteiger partial charge in [0.2, 0.25) is 5.78 Å². The van der Waals surface area contributed by atoms with Gasteiger partial charge in [-0.25, -0.2) is 0 Å². The van der Waals surface area contributed by atoms with Crippen molar-refractivity contribution in [3.63, 3.8) is 0 Å². The van der Waals surface area contributed by atoms with Gasteiger partial charge in [0, 0.05) is 43.9 Å². The highest BCUT2D eigenvalue weighted by atomic mass is 16.3. The molecule has 2 saturated carbocycles. The lowest BCUT2D eigenvalue weighted by molar-refractivity contribution is -0.148. The molecule has 5 aliphatic rings. The van der Waals surface area contributed by atoms with Gasteiger partial charge in [-0.1, -0.05) is 20.8 Å². The molecule has 0 saturated heterocycles. The summed E-state index contributed by atoms with van der Waals surface area (Å²) in [5.41, 5.74) is 4.61. The monoisotopic (exact) mass is 636 g/mol. The lowest BCUT2D eigenvalue weighted by Crippen LogP contribution is -2.63. The van der Waals surface area contributed by atoms with Gasteiger partial charge in [-0.3, -0.25) is 24.2 Å². The van der Waals surface area contributed by atoms with E-state index in [1.54, 1.807) is 25.1 Å². The predicted molar refractivity (Wildman–Crippen MR) is 172 cm³/mol. The number of nitrogens with two attached hydrogens (primary N) is 1. The average molecular weight is 637 g/mol. The minimum absolute atomic E-state index is 0.0314. The van der Waals surface area contributed by atoms with Crippen molar-refractivity contribution >= 4 is 23.2 Å². The van der Waals surface area contributed by atoms with Gasteiger partial charge in [-0.05, 0) is 93.1 Å². The normalized spacial score (nSPS) is 34.7. The molecule has 7 atom stereocenters. The molecule has 1 amide bonds. The van der Waals surface area contributed by atoms with Crippen molar-refractivity contribution in [2.24, 2.45) is 34.3 Å². The van der Waals surface area contributed by atoms with Gasteiger partial charge in [-0.15, -0.1) is 0 Å². The molecule has 0 aromatic heterocycles. The molecular formula is C35H48N4O7. The molecule has 2 fully saturated rings. The number of hydrogen-bond acceptors (Lipinski definition) is 10. The SMILES string of the molecule is CN(C)c1c(CN(C)[C@H]2CC3CCC2(C)C3(C)C)cc(O)c2c1C[C@H]1C[C@H]3[C@H](N(C)C)C(O)=C(C(N)=O)C(=O)[C@@]3(O)C(O)=C1C2=O. The van der Waals surface area contributed by atoms with Crippen LogP contribution in [0.4, 0.5) is 5.69 Å². The first-order chi connectivity index (χ1) is 21.3. The lowest BCUT2D eigenvalue weighted by Gasteiger charge is -2.50. The molecule has 250 valence electrons. The van der Waals surface area contributed by atoms with Crippen molar-refractivity contribution in [2.45, 2.75) is 77.1 Å². The summed E-state index contributed by atoms with van der Waals surface area (Å²) >= 11 is 0. The first-order valence-electron chi connectivity index (χ1n) is 16.2. The summed E-state index contributed by atoms with van der Waals surface area (Å²) in [6.45, 7) is 7.74. The fraction of sp³-hybridized carbons (Fsp3) is 0.629. The number of nitrogens with zero attached hydrogens (tertiary/aromatic N) is 3. The van der Waals surface area contributed by atoms with Gasteiger partial charge in [0.1, 0.15) is 22.8 Å². The zero-order valence-electron chi connectivity index (χ0n) is 28.1. The van der Waals surface area contributed by atoms with Crippen LogP contribution in [-0.2, 0) is 22.6 Å². The van der Waals surface area contributed by atoms with E-state index in [1.165, 1.54) is 12.8 Å². The minimum Gasteiger partial charge on any atom is -0.510 e. The maximum Gasteiger partial charge on any atom is 0.255 e. The first-order valence-corrected chi connectivity index (χ1v) is 16.2. The molecule has 0 spiro atoms. The smallest absolute Gasteiger partial charge is 0.255 e. The molecular weight excluding hydrogens is 588 g/mol. The topological polar surface area (TPSA) is 168 Å². The van der Waals surface area contributed by atoms with Gasteiger partial charge < -0.3 is 31.1 Å². The van der Waals surface area contributed by atoms with E-state index in [1.807, 2.05) is 19.0 Å². The maximum atomic E-state index is 14.2. The zero-order valence-corrected chi connectivity index (χ0v) is 28.1. The van der Waals surface area contributed by atoms with Crippen LogP contribution in [0.3, 0.4) is 0 Å². The summed E-state index contributed by atoms with van der Waals surface area (Å²) in [4.78, 5) is 45.9. The summed E-state index contributed by atoms with van der Waals surface area (Å²) in [7, 11) is 9.19. The summed E-state index contributed by atoms with van der Waals surface area (Å²) in [5.74, 6) is -5.83. The number of aliphatic hydroxyl groups is 3. The molecule has 11 nitrogen and oxygen atoms in total. The van der Waals surface area contributed by atoms with Crippen molar-refractivity contribution in [3.05, 3.63) is 45.4 Å². The van der Waals surface area contributed by atoms with E-state index in [4.69, 9.17) is 5.73 Å². The number of phenolic OH excluding ortho intramolecular Hbond substituents is 1. The number of likely N-dealkylation sites (N-methyl/N-ethyl adjacent to an activating group) is 1. The Hall–Kier alpha value is -3.41. The Labute approximate surface area is 270 Å². The largest absolute Gasteiger partial charge is 0.510 e. The number of benzene rings is 1. The Morgan fingerprint density at radius 1 is 1.04 bits per heavy atom. The number of phenols is 1. The average Bonchev–Trinajstić information content (AvgIpc) is 3.28. The highest BCUT2D eigenvalue weighted by Gasteiger charge is 2.64. The number of carbonyl (C=O) groups is 3. The van der Waals surface area contributed by atoms with Crippen LogP contribution in [0, 0.1) is 28.6 Å². The second-order valence-corrected chi connectivity index (χ2v) is 15.7. The molecule has 0 heterocycles. The molecule has 0 radical (unpaired) electrons. The fourth-order valence-electron chi connectivity index (χ4n) is 10.3. The summed E-state index contributed by atoms with van der Waals surface area (Å²) in [6, 6.07) is 0.970. The highest BCUT2D eigenvalue weighted by Crippen LogP contribution is 2.66. The molecule has 0 aliphatic heterocycles. The number of aromatic hydroxyl groups is 1. The van der Waals surface area contributed by atoms with Crippen LogP contribution in [-0.4, -0.2) is 101 Å². The Morgan fingerprint density at radius 3 is 2.22 bits per heavy atom. The van der Waals surface area contributed by atoms with Crippen molar-refractivity contribution in [2.75, 3.05) is 40.1 Å². The first kappa shape index (κ1) is 32.5. The van der Waals surface area contributed by atoms with Crippen molar-refractivity contribution in [3.8, 4) is 5.75 Å². The molecule has 1 aromatic rings. The van der Waals surface area contributed by atoms with E-state index < -0.39 is 58.0 Å². The van der Waals surface area contributed by atoms with Crippen LogP contribution in [0.25, 0.3) is 0 Å². The third-order valence-corrected chi connectivity index (χ3v) is 12.9. The number of anilines is 1. The van der Waals surface area contributed by atoms with Crippen LogP contribution < -0.4 is 10.6 Å². The number of carbonyl (C=O) groups excluding carboxylic acids is 3. The molecule has 46 heavy (non-hydrogen) atoms. The Kier molecular flexibility index (Phi) is 7.28. The molecule has 1 aromatic carbocycles. The number of Topliss-reactive ketones (excluding diaryl/α,β-unsaturated/α-hetero) is 2. The minimum atomic E-state index is -2.66. The Morgan fingerprint density at radius 2 is 1.70 bits per heavy atom. The number of rotatable bonds is 6. The number of fused-ring (bicyclic) bond motifs is 5. The molecule has 5 aliphatic carbocycles. The van der Waals surface area contributed by atoms with Crippen molar-refractivity contribution in [1.29, 1.82) is 0 Å². The number of aliphatic hydroxyl groups excluding tert-OH is 2. The fourth-order valence-corrected chi connectivity index (χ4v) is 10.3. The standard InChI is InChI=1S/C35H48N4O7/c1-33(2)18-9-10-34(33,3)22(14-18)39(8)15-17-13-21(40)24-19(26(17)37(4)5)11-16-12-20-27(38(6)7)29(42)25(32(36)45)31(44)35(20,46)30(43)23(16)28(24)41/h13,16,18,20,22,27,40,42-43,46H,9-12,14-15H2,1-8H3,(H2,36,45)/t16-,18?,20-,22-,27-,34?,35-/m0/s1. The summed E-state index contributed by atoms with van der Waals surface area (Å²) < 4.78 is 0. The van der Waals surface area contributed by atoms with Crippen molar-refractivity contribution in [1.82, 2.24) is 9.80 Å². The number of amides is 1. The van der Waals surface area contributed by atoms with E-state index >= 15 is 0 Å². The van der Waals surface area contributed by atoms with E-state index in [0.29, 0.717) is 24.1 Å². The predicted octanol–water partition coefficient (Wildman–Crippen LogP) is 2.83.